The minimum absolute atomic E-state index is 0.595. The van der Waals surface area contributed by atoms with E-state index in [9.17, 15) is 0 Å². The predicted molar refractivity (Wildman–Crippen MR) is 69.6 cm³/mol. The number of ether oxygens (including phenoxy) is 1. The summed E-state index contributed by atoms with van der Waals surface area (Å²) in [5, 5.41) is 11.7. The first-order valence-electron chi connectivity index (χ1n) is 5.24. The summed E-state index contributed by atoms with van der Waals surface area (Å²) in [5.74, 6) is 0.714. The molecule has 1 aromatic rings. The third kappa shape index (κ3) is 5.74. The number of halogens is 1. The third-order valence-corrected chi connectivity index (χ3v) is 2.08. The second-order valence-electron chi connectivity index (χ2n) is 2.74. The van der Waals surface area contributed by atoms with Crippen LogP contribution in [-0.2, 0) is 0 Å². The summed E-state index contributed by atoms with van der Waals surface area (Å²) in [6, 6.07) is 7.39. The molecular weight excluding hydrogens is 268 g/mol. The first-order valence-corrected chi connectivity index (χ1v) is 6.03. The van der Waals surface area contributed by atoms with Crippen molar-refractivity contribution >= 4 is 15.9 Å². The van der Waals surface area contributed by atoms with Crippen LogP contribution < -0.4 is 10.1 Å². The summed E-state index contributed by atoms with van der Waals surface area (Å²) < 4.78 is 6.28. The fraction of sp³-hybridized carbons (Fsp3) is 0.417. The third-order valence-electron chi connectivity index (χ3n) is 1.62. The van der Waals surface area contributed by atoms with Crippen molar-refractivity contribution in [2.75, 3.05) is 20.2 Å². The zero-order chi connectivity index (χ0) is 12.4. The van der Waals surface area contributed by atoms with Gasteiger partial charge < -0.3 is 10.1 Å². The number of nitriles is 1. The smallest absolute Gasteiger partial charge is 0.121 e. The number of nitrogens with one attached hydrogen (secondary N) is 1. The van der Waals surface area contributed by atoms with Gasteiger partial charge in [-0.05, 0) is 25.2 Å². The van der Waals surface area contributed by atoms with Gasteiger partial charge in [-0.3, -0.25) is 0 Å². The van der Waals surface area contributed by atoms with E-state index < -0.39 is 0 Å². The van der Waals surface area contributed by atoms with Crippen molar-refractivity contribution in [3.63, 3.8) is 0 Å². The van der Waals surface area contributed by atoms with Crippen LogP contribution in [0, 0.1) is 11.3 Å². The molecule has 1 rings (SSSR count). The Bertz CT molecular complexity index is 347. The Hall–Kier alpha value is -1.05. The average molecular weight is 285 g/mol. The van der Waals surface area contributed by atoms with Crippen molar-refractivity contribution in [3.05, 3.63) is 28.2 Å². The second kappa shape index (κ2) is 9.20. The number of benzene rings is 1. The van der Waals surface area contributed by atoms with E-state index in [1.807, 2.05) is 27.0 Å². The number of rotatable bonds is 4. The van der Waals surface area contributed by atoms with E-state index in [4.69, 9.17) is 10.00 Å². The molecule has 0 aliphatic carbocycles. The number of likely N-dealkylation sites (N-methyl/N-ethyl adjacent to an activating group) is 1. The van der Waals surface area contributed by atoms with Crippen molar-refractivity contribution in [1.82, 2.24) is 5.32 Å². The standard InChI is InChI=1S/C10H11BrN2O.C2H6/c1-13-2-3-14-10-5-8(7-12)4-9(11)6-10;1-2/h4-6,13H,2-3H2,1H3;1-2H3. The van der Waals surface area contributed by atoms with E-state index in [1.165, 1.54) is 0 Å². The Morgan fingerprint density at radius 1 is 1.38 bits per heavy atom. The van der Waals surface area contributed by atoms with Crippen molar-refractivity contribution in [2.45, 2.75) is 13.8 Å². The molecule has 0 amide bonds. The molecule has 0 aliphatic rings. The van der Waals surface area contributed by atoms with Crippen molar-refractivity contribution in [3.8, 4) is 11.8 Å². The van der Waals surface area contributed by atoms with Crippen LogP contribution in [0.1, 0.15) is 19.4 Å². The van der Waals surface area contributed by atoms with E-state index in [0.717, 1.165) is 11.0 Å². The normalized spacial score (nSPS) is 8.69. The highest BCUT2D eigenvalue weighted by Gasteiger charge is 1.99. The molecule has 0 radical (unpaired) electrons. The van der Waals surface area contributed by atoms with Crippen LogP contribution in [0.2, 0.25) is 0 Å². The van der Waals surface area contributed by atoms with Crippen molar-refractivity contribution in [2.24, 2.45) is 0 Å². The van der Waals surface area contributed by atoms with Crippen LogP contribution in [0.25, 0.3) is 0 Å². The highest BCUT2D eigenvalue weighted by Crippen LogP contribution is 2.20. The van der Waals surface area contributed by atoms with Gasteiger partial charge in [-0.2, -0.15) is 5.26 Å². The van der Waals surface area contributed by atoms with Gasteiger partial charge in [0.05, 0.1) is 11.6 Å². The Kier molecular flexibility index (Phi) is 8.59. The minimum atomic E-state index is 0.595. The molecule has 0 aliphatic heterocycles. The largest absolute Gasteiger partial charge is 0.492 e. The molecule has 4 heteroatoms. The zero-order valence-electron chi connectivity index (χ0n) is 9.88. The van der Waals surface area contributed by atoms with Crippen LogP contribution in [0.3, 0.4) is 0 Å². The molecule has 0 unspecified atom stereocenters. The lowest BCUT2D eigenvalue weighted by atomic mass is 10.2. The number of nitrogens with zero attached hydrogens (tertiary/aromatic N) is 1. The molecule has 88 valence electrons. The van der Waals surface area contributed by atoms with Gasteiger partial charge in [0.1, 0.15) is 12.4 Å². The Balaban J connectivity index is 0.00000106. The maximum atomic E-state index is 8.72. The predicted octanol–water partition coefficient (Wildman–Crippen LogP) is 2.95. The summed E-state index contributed by atoms with van der Waals surface area (Å²) in [4.78, 5) is 0. The van der Waals surface area contributed by atoms with Gasteiger partial charge in [0.25, 0.3) is 0 Å². The highest BCUT2D eigenvalue weighted by atomic mass is 79.9. The summed E-state index contributed by atoms with van der Waals surface area (Å²) in [6.45, 7) is 5.38. The molecule has 0 aromatic heterocycles. The van der Waals surface area contributed by atoms with E-state index >= 15 is 0 Å². The van der Waals surface area contributed by atoms with Gasteiger partial charge in [0.2, 0.25) is 0 Å². The molecule has 0 saturated heterocycles. The van der Waals surface area contributed by atoms with Crippen molar-refractivity contribution < 1.29 is 4.74 Å². The zero-order valence-corrected chi connectivity index (χ0v) is 11.5. The Labute approximate surface area is 106 Å². The lowest BCUT2D eigenvalue weighted by Crippen LogP contribution is -2.15. The summed E-state index contributed by atoms with van der Waals surface area (Å²) in [7, 11) is 1.87. The molecule has 3 nitrogen and oxygen atoms in total. The van der Waals surface area contributed by atoms with Crippen LogP contribution in [0.5, 0.6) is 5.75 Å². The quantitative estimate of drug-likeness (QED) is 0.865. The first kappa shape index (κ1) is 14.9. The minimum Gasteiger partial charge on any atom is -0.492 e. The van der Waals surface area contributed by atoms with Gasteiger partial charge in [0, 0.05) is 11.0 Å². The fourth-order valence-corrected chi connectivity index (χ4v) is 1.45. The Morgan fingerprint density at radius 2 is 2.06 bits per heavy atom. The first-order chi connectivity index (χ1) is 7.76. The molecular formula is C12H17BrN2O. The van der Waals surface area contributed by atoms with Crippen LogP contribution in [-0.4, -0.2) is 20.2 Å². The second-order valence-corrected chi connectivity index (χ2v) is 3.66. The summed E-state index contributed by atoms with van der Waals surface area (Å²) >= 11 is 3.32. The monoisotopic (exact) mass is 284 g/mol. The molecule has 0 spiro atoms. The van der Waals surface area contributed by atoms with Gasteiger partial charge >= 0.3 is 0 Å². The highest BCUT2D eigenvalue weighted by molar-refractivity contribution is 9.10. The summed E-state index contributed by atoms with van der Waals surface area (Å²) in [5.41, 5.74) is 0.596. The van der Waals surface area contributed by atoms with E-state index in [0.29, 0.717) is 17.9 Å². The maximum Gasteiger partial charge on any atom is 0.121 e. The molecule has 0 bridgehead atoms. The Morgan fingerprint density at radius 3 is 2.62 bits per heavy atom. The topological polar surface area (TPSA) is 45.0 Å². The van der Waals surface area contributed by atoms with Crippen molar-refractivity contribution in [1.29, 1.82) is 5.26 Å². The molecule has 0 fully saturated rings. The molecule has 1 aromatic carbocycles. The SMILES string of the molecule is CC.CNCCOc1cc(Br)cc(C#N)c1. The number of hydrogen-bond acceptors (Lipinski definition) is 3. The van der Waals surface area contributed by atoms with E-state index in [1.54, 1.807) is 12.1 Å². The van der Waals surface area contributed by atoms with Gasteiger partial charge in [-0.1, -0.05) is 29.8 Å². The fourth-order valence-electron chi connectivity index (χ4n) is 0.982. The summed E-state index contributed by atoms with van der Waals surface area (Å²) in [6.07, 6.45) is 0. The molecule has 16 heavy (non-hydrogen) atoms. The van der Waals surface area contributed by atoms with Crippen LogP contribution in [0.15, 0.2) is 22.7 Å². The van der Waals surface area contributed by atoms with Crippen LogP contribution >= 0.6 is 15.9 Å². The molecule has 0 saturated carbocycles. The van der Waals surface area contributed by atoms with Gasteiger partial charge in [-0.25, -0.2) is 0 Å². The van der Waals surface area contributed by atoms with Gasteiger partial charge in [0.15, 0.2) is 0 Å². The lowest BCUT2D eigenvalue weighted by molar-refractivity contribution is 0.318. The number of hydrogen-bond donors (Lipinski definition) is 1. The lowest BCUT2D eigenvalue weighted by Gasteiger charge is -2.06. The molecule has 1 N–H and O–H groups in total. The van der Waals surface area contributed by atoms with Gasteiger partial charge in [-0.15, -0.1) is 0 Å². The van der Waals surface area contributed by atoms with Crippen LogP contribution in [0.4, 0.5) is 0 Å². The average Bonchev–Trinajstić information content (AvgIpc) is 2.31. The maximum absolute atomic E-state index is 8.72. The van der Waals surface area contributed by atoms with E-state index in [2.05, 4.69) is 27.3 Å². The van der Waals surface area contributed by atoms with E-state index in [-0.39, 0.29) is 0 Å². The molecule has 0 atom stereocenters. The molecule has 0 heterocycles.